The first kappa shape index (κ1) is 11.7. The highest BCUT2D eigenvalue weighted by atomic mass is 79.9. The summed E-state index contributed by atoms with van der Waals surface area (Å²) in [6.45, 7) is 4.37. The quantitative estimate of drug-likeness (QED) is 0.442. The van der Waals surface area contributed by atoms with Gasteiger partial charge in [0, 0.05) is 29.1 Å². The van der Waals surface area contributed by atoms with Gasteiger partial charge in [0.2, 0.25) is 0 Å². The second-order valence-electron chi connectivity index (χ2n) is 4.22. The van der Waals surface area contributed by atoms with E-state index in [1.807, 2.05) is 11.3 Å². The average molecular weight is 370 g/mol. The van der Waals surface area contributed by atoms with Crippen molar-refractivity contribution in [3.05, 3.63) is 44.3 Å². The van der Waals surface area contributed by atoms with Crippen molar-refractivity contribution in [3.63, 3.8) is 0 Å². The van der Waals surface area contributed by atoms with Gasteiger partial charge >= 0.3 is 0 Å². The molecule has 0 saturated carbocycles. The average Bonchev–Trinajstić information content (AvgIpc) is 2.63. The van der Waals surface area contributed by atoms with E-state index in [1.54, 1.807) is 0 Å². The minimum atomic E-state index is 1.14. The molecule has 0 N–H and O–H groups in total. The topological polar surface area (TPSA) is 0 Å². The summed E-state index contributed by atoms with van der Waals surface area (Å²) < 4.78 is 5.04. The Labute approximate surface area is 121 Å². The molecule has 0 saturated heterocycles. The van der Waals surface area contributed by atoms with Crippen LogP contribution in [0.2, 0.25) is 0 Å². The van der Waals surface area contributed by atoms with Crippen LogP contribution in [0.25, 0.3) is 20.2 Å². The first-order chi connectivity index (χ1) is 8.08. The molecule has 0 radical (unpaired) electrons. The Kier molecular flexibility index (Phi) is 2.80. The lowest BCUT2D eigenvalue weighted by atomic mass is 10.0. The number of hydrogen-bond acceptors (Lipinski definition) is 1. The monoisotopic (exact) mass is 368 g/mol. The Hall–Kier alpha value is -0.380. The van der Waals surface area contributed by atoms with E-state index >= 15 is 0 Å². The molecule has 86 valence electrons. The van der Waals surface area contributed by atoms with Crippen LogP contribution in [0.5, 0.6) is 0 Å². The number of fused-ring (bicyclic) bond motifs is 3. The van der Waals surface area contributed by atoms with Gasteiger partial charge in [-0.25, -0.2) is 0 Å². The molecule has 0 amide bonds. The highest BCUT2D eigenvalue weighted by Crippen LogP contribution is 2.40. The Morgan fingerprint density at radius 2 is 1.71 bits per heavy atom. The molecule has 3 rings (SSSR count). The van der Waals surface area contributed by atoms with Crippen LogP contribution < -0.4 is 0 Å². The third-order valence-electron chi connectivity index (χ3n) is 3.23. The highest BCUT2D eigenvalue weighted by Gasteiger charge is 2.11. The number of rotatable bonds is 0. The summed E-state index contributed by atoms with van der Waals surface area (Å²) >= 11 is 9.02. The van der Waals surface area contributed by atoms with Gasteiger partial charge in [-0.2, -0.15) is 0 Å². The fourth-order valence-electron chi connectivity index (χ4n) is 2.17. The summed E-state index contributed by atoms with van der Waals surface area (Å²) in [5.41, 5.74) is 2.71. The van der Waals surface area contributed by atoms with Gasteiger partial charge in [0.1, 0.15) is 0 Å². The minimum Gasteiger partial charge on any atom is -0.135 e. The van der Waals surface area contributed by atoms with Gasteiger partial charge in [-0.05, 0) is 43.2 Å². The molecule has 2 aromatic carbocycles. The molecule has 1 heterocycles. The zero-order valence-corrected chi connectivity index (χ0v) is 13.5. The summed E-state index contributed by atoms with van der Waals surface area (Å²) in [5.74, 6) is 0. The fraction of sp³-hybridized carbons (Fsp3) is 0.143. The summed E-state index contributed by atoms with van der Waals surface area (Å²) in [4.78, 5) is 0. The van der Waals surface area contributed by atoms with Crippen molar-refractivity contribution >= 4 is 63.4 Å². The second-order valence-corrected chi connectivity index (χ2v) is 7.08. The van der Waals surface area contributed by atoms with E-state index < -0.39 is 0 Å². The van der Waals surface area contributed by atoms with Crippen molar-refractivity contribution in [1.82, 2.24) is 0 Å². The van der Waals surface area contributed by atoms with Crippen LogP contribution in [0.4, 0.5) is 0 Å². The van der Waals surface area contributed by atoms with Crippen LogP contribution >= 0.6 is 43.2 Å². The van der Waals surface area contributed by atoms with Crippen LogP contribution in [0.3, 0.4) is 0 Å². The number of hydrogen-bond donors (Lipinski definition) is 0. The number of benzene rings is 2. The van der Waals surface area contributed by atoms with Crippen molar-refractivity contribution in [3.8, 4) is 0 Å². The zero-order chi connectivity index (χ0) is 12.2. The highest BCUT2D eigenvalue weighted by molar-refractivity contribution is 9.10. The van der Waals surface area contributed by atoms with Gasteiger partial charge in [0.25, 0.3) is 0 Å². The van der Waals surface area contributed by atoms with Gasteiger partial charge in [0.15, 0.2) is 0 Å². The number of thiophene rings is 1. The van der Waals surface area contributed by atoms with Crippen molar-refractivity contribution in [2.24, 2.45) is 0 Å². The SMILES string of the molecule is Cc1c(Br)cc2sc3cc(Br)ccc3c2c1C. The van der Waals surface area contributed by atoms with Crippen molar-refractivity contribution in [2.75, 3.05) is 0 Å². The first-order valence-corrected chi connectivity index (χ1v) is 7.75. The molecule has 17 heavy (non-hydrogen) atoms. The van der Waals surface area contributed by atoms with Crippen LogP contribution in [0.1, 0.15) is 11.1 Å². The standard InChI is InChI=1S/C14H10Br2S/c1-7-8(2)14-10-4-3-9(15)5-12(10)17-13(14)6-11(7)16/h3-6H,1-2H3. The Morgan fingerprint density at radius 3 is 2.47 bits per heavy atom. The normalized spacial score (nSPS) is 11.5. The number of halogens is 2. The molecule has 0 atom stereocenters. The lowest BCUT2D eigenvalue weighted by Gasteiger charge is -2.05. The summed E-state index contributed by atoms with van der Waals surface area (Å²) in [6.07, 6.45) is 0. The fourth-order valence-corrected chi connectivity index (χ4v) is 4.60. The molecule has 3 aromatic rings. The molecule has 0 bridgehead atoms. The van der Waals surface area contributed by atoms with Crippen molar-refractivity contribution in [2.45, 2.75) is 13.8 Å². The Balaban J connectivity index is 2.57. The molecule has 0 aliphatic heterocycles. The third kappa shape index (κ3) is 1.76. The molecule has 0 spiro atoms. The van der Waals surface area contributed by atoms with Crippen LogP contribution in [0, 0.1) is 13.8 Å². The van der Waals surface area contributed by atoms with Gasteiger partial charge < -0.3 is 0 Å². The smallest absolute Gasteiger partial charge is 0.0369 e. The zero-order valence-electron chi connectivity index (χ0n) is 9.47. The van der Waals surface area contributed by atoms with Crippen LogP contribution in [-0.2, 0) is 0 Å². The van der Waals surface area contributed by atoms with Gasteiger partial charge in [-0.1, -0.05) is 37.9 Å². The van der Waals surface area contributed by atoms with Crippen LogP contribution in [0.15, 0.2) is 33.2 Å². The van der Waals surface area contributed by atoms with Gasteiger partial charge in [-0.3, -0.25) is 0 Å². The Morgan fingerprint density at radius 1 is 0.941 bits per heavy atom. The van der Waals surface area contributed by atoms with Crippen molar-refractivity contribution < 1.29 is 0 Å². The van der Waals surface area contributed by atoms with Gasteiger partial charge in [0.05, 0.1) is 0 Å². The van der Waals surface area contributed by atoms with Gasteiger partial charge in [-0.15, -0.1) is 11.3 Å². The predicted molar refractivity (Wildman–Crippen MR) is 84.2 cm³/mol. The lowest BCUT2D eigenvalue weighted by Crippen LogP contribution is -1.83. The molecule has 3 heteroatoms. The molecule has 1 aromatic heterocycles. The van der Waals surface area contributed by atoms with E-state index in [4.69, 9.17) is 0 Å². The molecule has 0 fully saturated rings. The maximum atomic E-state index is 3.64. The number of aryl methyl sites for hydroxylation is 1. The molecular weight excluding hydrogens is 360 g/mol. The summed E-state index contributed by atoms with van der Waals surface area (Å²) in [5, 5.41) is 2.76. The van der Waals surface area contributed by atoms with Crippen molar-refractivity contribution in [1.29, 1.82) is 0 Å². The molecular formula is C14H10Br2S. The lowest BCUT2D eigenvalue weighted by molar-refractivity contribution is 1.36. The van der Waals surface area contributed by atoms with E-state index in [0.29, 0.717) is 0 Å². The third-order valence-corrected chi connectivity index (χ3v) is 5.65. The van der Waals surface area contributed by atoms with E-state index in [9.17, 15) is 0 Å². The first-order valence-electron chi connectivity index (χ1n) is 5.35. The minimum absolute atomic E-state index is 1.14. The molecule has 0 aliphatic carbocycles. The summed E-state index contributed by atoms with van der Waals surface area (Å²) in [6, 6.07) is 8.75. The van der Waals surface area contributed by atoms with E-state index in [-0.39, 0.29) is 0 Å². The summed E-state index contributed by atoms with van der Waals surface area (Å²) in [7, 11) is 0. The van der Waals surface area contributed by atoms with E-state index in [2.05, 4.69) is 70.0 Å². The molecule has 0 nitrogen and oxygen atoms in total. The maximum absolute atomic E-state index is 3.64. The maximum Gasteiger partial charge on any atom is 0.0369 e. The van der Waals surface area contributed by atoms with E-state index in [0.717, 1.165) is 4.47 Å². The predicted octanol–water partition coefficient (Wildman–Crippen LogP) is 6.20. The molecule has 0 aliphatic rings. The van der Waals surface area contributed by atoms with Crippen LogP contribution in [-0.4, -0.2) is 0 Å². The largest absolute Gasteiger partial charge is 0.135 e. The van der Waals surface area contributed by atoms with E-state index in [1.165, 1.54) is 35.8 Å². The molecule has 0 unspecified atom stereocenters. The second kappa shape index (κ2) is 4.08. The Bertz CT molecular complexity index is 741.